The number of aryl methyl sites for hydroxylation is 2. The van der Waals surface area contributed by atoms with Crippen LogP contribution in [0.1, 0.15) is 54.4 Å². The van der Waals surface area contributed by atoms with E-state index in [1.54, 1.807) is 0 Å². The number of benzene rings is 4. The molecule has 0 fully saturated rings. The van der Waals surface area contributed by atoms with E-state index in [0.29, 0.717) is 13.0 Å². The molecule has 0 amide bonds. The molecule has 0 atom stereocenters. The van der Waals surface area contributed by atoms with Crippen molar-refractivity contribution in [3.63, 3.8) is 0 Å². The minimum atomic E-state index is -2.25. The number of halogens is 1. The molecule has 45 heavy (non-hydrogen) atoms. The Labute approximate surface area is 280 Å². The van der Waals surface area contributed by atoms with E-state index < -0.39 is 7.26 Å². The summed E-state index contributed by atoms with van der Waals surface area (Å²) in [4.78, 5) is 16.1. The molecule has 0 radical (unpaired) electrons. The van der Waals surface area contributed by atoms with Gasteiger partial charge in [0.2, 0.25) is 0 Å². The fraction of sp³-hybridized carbons (Fsp3) is 0.308. The predicted octanol–water partition coefficient (Wildman–Crippen LogP) is 7.80. The zero-order valence-electron chi connectivity index (χ0n) is 25.8. The molecule has 2 aliphatic rings. The third-order valence-electron chi connectivity index (χ3n) is 10.1. The molecule has 1 aromatic heterocycles. The number of fused-ring (bicyclic) bond motifs is 2. The van der Waals surface area contributed by atoms with Gasteiger partial charge in [-0.25, -0.2) is 0 Å². The van der Waals surface area contributed by atoms with Crippen LogP contribution in [0.25, 0.3) is 11.0 Å². The van der Waals surface area contributed by atoms with Crippen LogP contribution in [0.5, 0.6) is 0 Å². The number of anilines is 1. The Morgan fingerprint density at radius 3 is 1.96 bits per heavy atom. The summed E-state index contributed by atoms with van der Waals surface area (Å²) < 4.78 is 11.9. The van der Waals surface area contributed by atoms with Gasteiger partial charge in [-0.2, -0.15) is 0 Å². The van der Waals surface area contributed by atoms with Crippen LogP contribution in [0.4, 0.5) is 5.69 Å². The van der Waals surface area contributed by atoms with E-state index in [1.165, 1.54) is 39.1 Å². The fourth-order valence-electron chi connectivity index (χ4n) is 8.05. The van der Waals surface area contributed by atoms with E-state index in [2.05, 4.69) is 102 Å². The maximum atomic E-state index is 13.6. The Balaban J connectivity index is 1.17. The Bertz CT molecular complexity index is 1730. The van der Waals surface area contributed by atoms with Gasteiger partial charge in [-0.1, -0.05) is 0 Å². The summed E-state index contributed by atoms with van der Waals surface area (Å²) >= 11 is 1.97. The number of unbranched alkanes of at least 4 members (excludes halogenated alkanes) is 2. The number of hydrogen-bond donors (Lipinski definition) is 0. The molecule has 5 aromatic rings. The summed E-state index contributed by atoms with van der Waals surface area (Å²) in [5.74, 6) is 0. The van der Waals surface area contributed by atoms with Gasteiger partial charge in [-0.15, -0.1) is 0 Å². The first-order chi connectivity index (χ1) is 22.2. The molecule has 7 rings (SSSR count). The molecule has 4 aromatic carbocycles. The molecule has 0 spiro atoms. The van der Waals surface area contributed by atoms with Crippen LogP contribution in [0, 0.1) is 0 Å². The topological polar surface area (TPSA) is 42.7 Å². The van der Waals surface area contributed by atoms with Crippen molar-refractivity contribution in [2.24, 2.45) is 0 Å². The molecule has 3 heterocycles. The van der Waals surface area contributed by atoms with Gasteiger partial charge < -0.3 is 0 Å². The molecular weight excluding hydrogens is 688 g/mol. The van der Waals surface area contributed by atoms with Gasteiger partial charge in [-0.3, -0.25) is 0 Å². The zero-order valence-corrected chi connectivity index (χ0v) is 28.9. The van der Waals surface area contributed by atoms with Gasteiger partial charge in [0, 0.05) is 13.1 Å². The van der Waals surface area contributed by atoms with Crippen LogP contribution >= 0.6 is 30.3 Å². The van der Waals surface area contributed by atoms with Crippen molar-refractivity contribution in [1.29, 1.82) is 0 Å². The Morgan fingerprint density at radius 1 is 0.756 bits per heavy atom. The van der Waals surface area contributed by atoms with Crippen molar-refractivity contribution < 1.29 is 7.48 Å². The van der Waals surface area contributed by atoms with Crippen molar-refractivity contribution in [1.82, 2.24) is 0 Å². The number of rotatable bonds is 11. The van der Waals surface area contributed by atoms with Gasteiger partial charge in [0.25, 0.3) is 0 Å². The summed E-state index contributed by atoms with van der Waals surface area (Å²) in [5, 5.41) is 5.43. The molecule has 4 nitrogen and oxygen atoms in total. The summed E-state index contributed by atoms with van der Waals surface area (Å²) in [7, 11) is -2.25. The quantitative estimate of drug-likeness (QED) is 0.0603. The maximum absolute atomic E-state index is 13.6. The van der Waals surface area contributed by atoms with Crippen LogP contribution in [0.15, 0.2) is 106 Å². The van der Waals surface area contributed by atoms with Crippen molar-refractivity contribution in [3.8, 4) is 0 Å². The molecule has 0 saturated heterocycles. The van der Waals surface area contributed by atoms with E-state index >= 15 is 0 Å². The van der Waals surface area contributed by atoms with E-state index in [1.807, 2.05) is 23.0 Å². The standard InChI is InChI=1S/C39H41INO3P/c40-43-28-36-33(39(42)44-38-34-23-14-25-41-24-13-15-29(37(34)41)27-35(36)38)22-11-4-12-26-45(30-16-5-1-6-17-30,31-18-7-2-8-19-31)32-20-9-3-10-21-32/h1-3,5-10,16-21,27,45H,4,11-15,22-26,28H2. The summed E-state index contributed by atoms with van der Waals surface area (Å²) in [6, 6.07) is 35.7. The molecule has 0 unspecified atom stereocenters. The second kappa shape index (κ2) is 13.8. The molecule has 0 N–H and O–H groups in total. The van der Waals surface area contributed by atoms with Crippen molar-refractivity contribution in [3.05, 3.63) is 130 Å². The van der Waals surface area contributed by atoms with E-state index in [4.69, 9.17) is 7.48 Å². The third kappa shape index (κ3) is 5.88. The third-order valence-corrected chi connectivity index (χ3v) is 15.5. The minimum absolute atomic E-state index is 0.184. The summed E-state index contributed by atoms with van der Waals surface area (Å²) in [6.07, 6.45) is 9.26. The monoisotopic (exact) mass is 729 g/mol. The second-order valence-corrected chi connectivity index (χ2v) is 17.3. The Morgan fingerprint density at radius 2 is 1.36 bits per heavy atom. The second-order valence-electron chi connectivity index (χ2n) is 12.6. The zero-order chi connectivity index (χ0) is 30.6. The first-order valence-electron chi connectivity index (χ1n) is 16.5. The normalized spacial score (nSPS) is 14.8. The molecule has 2 aliphatic heterocycles. The van der Waals surface area contributed by atoms with Crippen LogP contribution in [-0.4, -0.2) is 19.3 Å². The van der Waals surface area contributed by atoms with Crippen molar-refractivity contribution in [2.75, 3.05) is 24.2 Å². The molecular formula is C39H41INO3P. The molecule has 0 aliphatic carbocycles. The average Bonchev–Trinajstić information content (AvgIpc) is 3.09. The summed E-state index contributed by atoms with van der Waals surface area (Å²) in [5.41, 5.74) is 6.41. The van der Waals surface area contributed by atoms with E-state index in [9.17, 15) is 4.79 Å². The SMILES string of the molecule is O=c1oc2c3c4c(cc2c(COI)c1CCCCC[PH](c1ccccc1)(c1ccccc1)c1ccccc1)CCCN4CCC3. The van der Waals surface area contributed by atoms with Crippen LogP contribution in [0.3, 0.4) is 0 Å². The van der Waals surface area contributed by atoms with Crippen LogP contribution < -0.4 is 26.4 Å². The van der Waals surface area contributed by atoms with Gasteiger partial charge >= 0.3 is 269 Å². The molecule has 0 bridgehead atoms. The van der Waals surface area contributed by atoms with Crippen molar-refractivity contribution in [2.45, 2.75) is 58.0 Å². The average molecular weight is 730 g/mol. The van der Waals surface area contributed by atoms with Crippen LogP contribution in [0.2, 0.25) is 0 Å². The molecule has 232 valence electrons. The predicted molar refractivity (Wildman–Crippen MR) is 199 cm³/mol. The molecule has 0 saturated carbocycles. The summed E-state index contributed by atoms with van der Waals surface area (Å²) in [6.45, 7) is 2.62. The van der Waals surface area contributed by atoms with Gasteiger partial charge in [0.05, 0.1) is 0 Å². The number of hydrogen-bond acceptors (Lipinski definition) is 4. The van der Waals surface area contributed by atoms with E-state index in [-0.39, 0.29) is 5.63 Å². The van der Waals surface area contributed by atoms with Crippen molar-refractivity contribution >= 4 is 62.8 Å². The Kier molecular flexibility index (Phi) is 9.39. The Hall–Kier alpha value is -2.99. The number of nitrogens with zero attached hydrogens (tertiary/aromatic N) is 1. The fourth-order valence-corrected chi connectivity index (χ4v) is 13.3. The van der Waals surface area contributed by atoms with Gasteiger partial charge in [0.15, 0.2) is 0 Å². The van der Waals surface area contributed by atoms with Gasteiger partial charge in [0.1, 0.15) is 0 Å². The van der Waals surface area contributed by atoms with E-state index in [0.717, 1.165) is 79.9 Å². The first-order valence-corrected chi connectivity index (χ1v) is 19.6. The van der Waals surface area contributed by atoms with Gasteiger partial charge in [-0.05, 0) is 0 Å². The molecule has 6 heteroatoms. The van der Waals surface area contributed by atoms with Crippen LogP contribution in [-0.2, 0) is 28.9 Å². The first kappa shape index (κ1) is 30.7.